The summed E-state index contributed by atoms with van der Waals surface area (Å²) in [4.78, 5) is 37.4. The molecule has 0 radical (unpaired) electrons. The van der Waals surface area contributed by atoms with Gasteiger partial charge in [-0.15, -0.1) is 0 Å². The molecule has 0 saturated heterocycles. The number of methoxy groups -OCH3 is 1. The fourth-order valence-corrected chi connectivity index (χ4v) is 2.59. The van der Waals surface area contributed by atoms with Crippen LogP contribution in [0.4, 0.5) is 4.79 Å². The van der Waals surface area contributed by atoms with Crippen molar-refractivity contribution in [3.05, 3.63) is 35.4 Å². The molecule has 0 aromatic heterocycles. The molecule has 0 aliphatic carbocycles. The maximum atomic E-state index is 12.8. The molecule has 1 aromatic rings. The van der Waals surface area contributed by atoms with Gasteiger partial charge in [0, 0.05) is 17.5 Å². The predicted octanol–water partition coefficient (Wildman–Crippen LogP) is 1.36. The zero-order chi connectivity index (χ0) is 25.9. The average molecular weight is 473 g/mol. The molecule has 4 N–H and O–H groups in total. The molecule has 0 bridgehead atoms. The van der Waals surface area contributed by atoms with Crippen LogP contribution in [0.1, 0.15) is 57.0 Å². The van der Waals surface area contributed by atoms with Crippen molar-refractivity contribution in [2.45, 2.75) is 64.3 Å². The molecule has 0 aliphatic heterocycles. The van der Waals surface area contributed by atoms with Crippen LogP contribution in [-0.2, 0) is 14.3 Å². The number of benzene rings is 1. The van der Waals surface area contributed by atoms with Gasteiger partial charge in [-0.3, -0.25) is 4.79 Å². The molecular formula is C25H32N2O7. The molecule has 184 valence electrons. The van der Waals surface area contributed by atoms with E-state index < -0.39 is 41.3 Å². The number of ether oxygens (including phenoxy) is 2. The Morgan fingerprint density at radius 1 is 1.06 bits per heavy atom. The normalized spacial score (nSPS) is 12.6. The number of esters is 1. The standard InChI is InChI=1S/C25H32N2O7/c1-24(2,3)34-23(32)27-25(4,5)20(22(31)33-6)26-21(30)18-14-12-17(13-15-18)10-8-7-9-11-19(29)16-28/h12-15,19-20,28-29H,11,16H2,1-6H3,(H,26,30)(H,27,32)/t19?,20-/m1/s1. The third-order valence-electron chi connectivity index (χ3n) is 4.31. The van der Waals surface area contributed by atoms with E-state index in [9.17, 15) is 19.5 Å². The Labute approximate surface area is 200 Å². The summed E-state index contributed by atoms with van der Waals surface area (Å²) in [5.74, 6) is 9.34. The van der Waals surface area contributed by atoms with Crippen molar-refractivity contribution in [1.82, 2.24) is 10.6 Å². The first-order chi connectivity index (χ1) is 15.8. The van der Waals surface area contributed by atoms with Gasteiger partial charge in [-0.2, -0.15) is 0 Å². The molecule has 9 nitrogen and oxygen atoms in total. The van der Waals surface area contributed by atoms with Crippen molar-refractivity contribution >= 4 is 18.0 Å². The first-order valence-corrected chi connectivity index (χ1v) is 10.6. The summed E-state index contributed by atoms with van der Waals surface area (Å²) in [5.41, 5.74) is -1.09. The number of rotatable bonds is 7. The fourth-order valence-electron chi connectivity index (χ4n) is 2.59. The number of aliphatic hydroxyl groups is 2. The number of alkyl carbamates (subject to hydrolysis) is 1. The third kappa shape index (κ3) is 9.95. The molecule has 0 saturated carbocycles. The molecule has 0 heterocycles. The van der Waals surface area contributed by atoms with Gasteiger partial charge in [-0.05, 0) is 70.7 Å². The average Bonchev–Trinajstić information content (AvgIpc) is 2.74. The minimum absolute atomic E-state index is 0.116. The summed E-state index contributed by atoms with van der Waals surface area (Å²) in [6, 6.07) is 5.10. The molecule has 1 aromatic carbocycles. The first-order valence-electron chi connectivity index (χ1n) is 10.6. The van der Waals surface area contributed by atoms with Crippen LogP contribution in [0.3, 0.4) is 0 Å². The molecule has 0 fully saturated rings. The molecule has 0 spiro atoms. The maximum absolute atomic E-state index is 12.8. The van der Waals surface area contributed by atoms with Gasteiger partial charge in [0.25, 0.3) is 5.91 Å². The van der Waals surface area contributed by atoms with E-state index in [1.165, 1.54) is 19.2 Å². The molecular weight excluding hydrogens is 440 g/mol. The minimum Gasteiger partial charge on any atom is -0.467 e. The van der Waals surface area contributed by atoms with Crippen LogP contribution in [0.15, 0.2) is 24.3 Å². The lowest BCUT2D eigenvalue weighted by molar-refractivity contribution is -0.144. The van der Waals surface area contributed by atoms with Crippen molar-refractivity contribution in [1.29, 1.82) is 0 Å². The van der Waals surface area contributed by atoms with Gasteiger partial charge in [-0.25, -0.2) is 9.59 Å². The number of aliphatic hydroxyl groups excluding tert-OH is 2. The number of nitrogens with one attached hydrogen (secondary N) is 2. The second-order valence-electron chi connectivity index (χ2n) is 8.95. The maximum Gasteiger partial charge on any atom is 0.408 e. The lowest BCUT2D eigenvalue weighted by Gasteiger charge is -2.34. The number of carbonyl (C=O) groups is 3. The zero-order valence-corrected chi connectivity index (χ0v) is 20.3. The second-order valence-corrected chi connectivity index (χ2v) is 8.95. The van der Waals surface area contributed by atoms with Gasteiger partial charge in [0.15, 0.2) is 0 Å². The summed E-state index contributed by atoms with van der Waals surface area (Å²) in [7, 11) is 1.19. The van der Waals surface area contributed by atoms with E-state index in [0.29, 0.717) is 5.56 Å². The van der Waals surface area contributed by atoms with Gasteiger partial charge >= 0.3 is 12.1 Å². The fraction of sp³-hybridized carbons (Fsp3) is 0.480. The van der Waals surface area contributed by atoms with Crippen molar-refractivity contribution in [2.24, 2.45) is 0 Å². The molecule has 34 heavy (non-hydrogen) atoms. The molecule has 1 rings (SSSR count). The Morgan fingerprint density at radius 2 is 1.68 bits per heavy atom. The van der Waals surface area contributed by atoms with Crippen molar-refractivity contribution in [2.75, 3.05) is 13.7 Å². The largest absolute Gasteiger partial charge is 0.467 e. The minimum atomic E-state index is -1.22. The molecule has 9 heteroatoms. The van der Waals surface area contributed by atoms with Gasteiger partial charge < -0.3 is 30.3 Å². The highest BCUT2D eigenvalue weighted by molar-refractivity contribution is 5.97. The van der Waals surface area contributed by atoms with Crippen molar-refractivity contribution < 1.29 is 34.1 Å². The number of carbonyl (C=O) groups excluding carboxylic acids is 3. The lowest BCUT2D eigenvalue weighted by Crippen LogP contribution is -2.62. The van der Waals surface area contributed by atoms with Crippen LogP contribution in [0.25, 0.3) is 0 Å². The Kier molecular flexibility index (Phi) is 10.6. The predicted molar refractivity (Wildman–Crippen MR) is 126 cm³/mol. The van der Waals surface area contributed by atoms with Crippen LogP contribution < -0.4 is 10.6 Å². The van der Waals surface area contributed by atoms with Crippen LogP contribution in [0.5, 0.6) is 0 Å². The second kappa shape index (κ2) is 12.6. The summed E-state index contributed by atoms with van der Waals surface area (Å²) >= 11 is 0. The van der Waals surface area contributed by atoms with E-state index in [-0.39, 0.29) is 18.6 Å². The summed E-state index contributed by atoms with van der Waals surface area (Å²) in [6.45, 7) is 7.90. The van der Waals surface area contributed by atoms with Gasteiger partial charge in [0.05, 0.1) is 25.4 Å². The Bertz CT molecular complexity index is 987. The van der Waals surface area contributed by atoms with E-state index in [1.807, 2.05) is 0 Å². The highest BCUT2D eigenvalue weighted by Gasteiger charge is 2.39. The zero-order valence-electron chi connectivity index (χ0n) is 20.3. The van der Waals surface area contributed by atoms with E-state index in [0.717, 1.165) is 0 Å². The van der Waals surface area contributed by atoms with Crippen LogP contribution >= 0.6 is 0 Å². The van der Waals surface area contributed by atoms with Crippen LogP contribution in [0.2, 0.25) is 0 Å². The van der Waals surface area contributed by atoms with Gasteiger partial charge in [0.1, 0.15) is 11.6 Å². The highest BCUT2D eigenvalue weighted by Crippen LogP contribution is 2.15. The van der Waals surface area contributed by atoms with E-state index in [1.54, 1.807) is 46.8 Å². The van der Waals surface area contributed by atoms with E-state index >= 15 is 0 Å². The highest BCUT2D eigenvalue weighted by atomic mass is 16.6. The topological polar surface area (TPSA) is 134 Å². The molecule has 2 amide bonds. The molecule has 2 atom stereocenters. The van der Waals surface area contributed by atoms with Crippen LogP contribution in [0, 0.1) is 23.7 Å². The Morgan fingerprint density at radius 3 is 2.21 bits per heavy atom. The monoisotopic (exact) mass is 472 g/mol. The van der Waals surface area contributed by atoms with Crippen LogP contribution in [-0.4, -0.2) is 65.2 Å². The van der Waals surface area contributed by atoms with Crippen molar-refractivity contribution in [3.8, 4) is 23.7 Å². The van der Waals surface area contributed by atoms with Crippen molar-refractivity contribution in [3.63, 3.8) is 0 Å². The number of amides is 2. The summed E-state index contributed by atoms with van der Waals surface area (Å²) in [5, 5.41) is 23.1. The summed E-state index contributed by atoms with van der Waals surface area (Å²) in [6.07, 6.45) is -1.52. The van der Waals surface area contributed by atoms with Gasteiger partial charge in [-0.1, -0.05) is 11.8 Å². The summed E-state index contributed by atoms with van der Waals surface area (Å²) < 4.78 is 10.1. The first kappa shape index (κ1) is 28.5. The molecule has 0 aliphatic rings. The molecule has 1 unspecified atom stereocenters. The van der Waals surface area contributed by atoms with E-state index in [4.69, 9.17) is 14.6 Å². The lowest BCUT2D eigenvalue weighted by atomic mass is 9.94. The quantitative estimate of drug-likeness (QED) is 0.348. The number of hydrogen-bond acceptors (Lipinski definition) is 7. The van der Waals surface area contributed by atoms with Gasteiger partial charge in [0.2, 0.25) is 0 Å². The number of hydrogen-bond donors (Lipinski definition) is 4. The Hall–Kier alpha value is -3.53. The third-order valence-corrected chi connectivity index (χ3v) is 4.31. The van der Waals surface area contributed by atoms with E-state index in [2.05, 4.69) is 34.3 Å². The Balaban J connectivity index is 2.92. The SMILES string of the molecule is COC(=O)[C@@H](NC(=O)c1ccc(C#CC#CCC(O)CO)cc1)C(C)(C)NC(=O)OC(C)(C)C. The smallest absolute Gasteiger partial charge is 0.408 e.